The van der Waals surface area contributed by atoms with Gasteiger partial charge in [-0.05, 0) is 43.2 Å². The summed E-state index contributed by atoms with van der Waals surface area (Å²) < 4.78 is 18.5. The summed E-state index contributed by atoms with van der Waals surface area (Å²) in [5, 5.41) is 10.9. The van der Waals surface area contributed by atoms with Crippen LogP contribution in [0.5, 0.6) is 0 Å². The molecule has 1 heterocycles. The standard InChI is InChI=1S/C20H21ClFN5O/c1-2-23-20(24-10-9-14-5-3-8-17(22)11-14)25-13-18-26-19(27-28-18)15-6-4-7-16(21)12-15/h3-8,11-12H,2,9-10,13H2,1H3,(H2,23,24,25). The molecule has 8 heteroatoms. The average molecular weight is 402 g/mol. The molecule has 2 aromatic carbocycles. The van der Waals surface area contributed by atoms with Crippen molar-refractivity contribution in [3.8, 4) is 11.4 Å². The summed E-state index contributed by atoms with van der Waals surface area (Å²) in [7, 11) is 0. The zero-order valence-electron chi connectivity index (χ0n) is 15.5. The lowest BCUT2D eigenvalue weighted by molar-refractivity contribution is 0.380. The van der Waals surface area contributed by atoms with Gasteiger partial charge in [0, 0.05) is 23.7 Å². The number of aliphatic imine (C=N–C) groups is 1. The molecule has 0 aliphatic carbocycles. The molecule has 3 rings (SSSR count). The molecule has 0 saturated carbocycles. The van der Waals surface area contributed by atoms with Gasteiger partial charge < -0.3 is 15.2 Å². The van der Waals surface area contributed by atoms with Crippen molar-refractivity contribution in [1.82, 2.24) is 20.8 Å². The van der Waals surface area contributed by atoms with Crippen molar-refractivity contribution in [3.63, 3.8) is 0 Å². The number of hydrogen-bond acceptors (Lipinski definition) is 4. The van der Waals surface area contributed by atoms with Crippen molar-refractivity contribution in [3.05, 3.63) is 70.8 Å². The van der Waals surface area contributed by atoms with E-state index in [0.29, 0.717) is 42.2 Å². The molecular formula is C20H21ClFN5O. The fourth-order valence-electron chi connectivity index (χ4n) is 2.57. The van der Waals surface area contributed by atoms with E-state index in [4.69, 9.17) is 16.1 Å². The lowest BCUT2D eigenvalue weighted by atomic mass is 10.1. The van der Waals surface area contributed by atoms with Gasteiger partial charge in [-0.2, -0.15) is 4.98 Å². The molecule has 0 fully saturated rings. The molecule has 0 amide bonds. The van der Waals surface area contributed by atoms with Crippen molar-refractivity contribution in [2.24, 2.45) is 4.99 Å². The SMILES string of the molecule is CCNC(=NCc1nc(-c2cccc(Cl)c2)no1)NCCc1cccc(F)c1. The zero-order chi connectivity index (χ0) is 19.8. The maximum Gasteiger partial charge on any atom is 0.248 e. The summed E-state index contributed by atoms with van der Waals surface area (Å²) in [6, 6.07) is 13.8. The Morgan fingerprint density at radius 2 is 2.04 bits per heavy atom. The first-order valence-corrected chi connectivity index (χ1v) is 9.37. The number of hydrogen-bond donors (Lipinski definition) is 2. The molecule has 28 heavy (non-hydrogen) atoms. The van der Waals surface area contributed by atoms with Crippen LogP contribution in [-0.4, -0.2) is 29.2 Å². The van der Waals surface area contributed by atoms with Crippen LogP contribution in [0.3, 0.4) is 0 Å². The summed E-state index contributed by atoms with van der Waals surface area (Å²) in [6.07, 6.45) is 0.682. The Labute approximate surface area is 167 Å². The molecule has 0 spiro atoms. The molecule has 1 aromatic heterocycles. The first-order chi connectivity index (χ1) is 13.6. The predicted octanol–water partition coefficient (Wildman–Crippen LogP) is 3.83. The minimum Gasteiger partial charge on any atom is -0.357 e. The van der Waals surface area contributed by atoms with Crippen LogP contribution in [0.2, 0.25) is 5.02 Å². The summed E-state index contributed by atoms with van der Waals surface area (Å²) in [6.45, 7) is 3.55. The van der Waals surface area contributed by atoms with E-state index < -0.39 is 0 Å². The van der Waals surface area contributed by atoms with E-state index in [1.807, 2.05) is 25.1 Å². The van der Waals surface area contributed by atoms with Crippen LogP contribution >= 0.6 is 11.6 Å². The highest BCUT2D eigenvalue weighted by Crippen LogP contribution is 2.20. The van der Waals surface area contributed by atoms with Crippen LogP contribution in [-0.2, 0) is 13.0 Å². The Morgan fingerprint density at radius 3 is 2.82 bits per heavy atom. The van der Waals surface area contributed by atoms with E-state index in [1.54, 1.807) is 18.2 Å². The number of halogens is 2. The highest BCUT2D eigenvalue weighted by atomic mass is 35.5. The molecule has 2 N–H and O–H groups in total. The van der Waals surface area contributed by atoms with Gasteiger partial charge in [-0.3, -0.25) is 0 Å². The van der Waals surface area contributed by atoms with E-state index in [2.05, 4.69) is 25.8 Å². The maximum absolute atomic E-state index is 13.2. The molecule has 0 saturated heterocycles. The third kappa shape index (κ3) is 5.79. The second kappa shape index (κ2) is 9.85. The van der Waals surface area contributed by atoms with Crippen LogP contribution in [0.1, 0.15) is 18.4 Å². The first-order valence-electron chi connectivity index (χ1n) is 8.99. The number of nitrogens with one attached hydrogen (secondary N) is 2. The van der Waals surface area contributed by atoms with Gasteiger partial charge >= 0.3 is 0 Å². The lowest BCUT2D eigenvalue weighted by Crippen LogP contribution is -2.38. The molecule has 0 unspecified atom stereocenters. The minimum atomic E-state index is -0.232. The van der Waals surface area contributed by atoms with Crippen LogP contribution in [0, 0.1) is 5.82 Å². The van der Waals surface area contributed by atoms with Crippen molar-refractivity contribution >= 4 is 17.6 Å². The molecule has 0 bridgehead atoms. The fraction of sp³-hybridized carbons (Fsp3) is 0.250. The van der Waals surface area contributed by atoms with Crippen LogP contribution in [0.25, 0.3) is 11.4 Å². The van der Waals surface area contributed by atoms with Crippen molar-refractivity contribution in [1.29, 1.82) is 0 Å². The zero-order valence-corrected chi connectivity index (χ0v) is 16.2. The van der Waals surface area contributed by atoms with Gasteiger partial charge in [-0.1, -0.05) is 41.0 Å². The largest absolute Gasteiger partial charge is 0.357 e. The number of rotatable bonds is 7. The molecule has 0 aliphatic heterocycles. The first kappa shape index (κ1) is 19.8. The molecule has 146 valence electrons. The van der Waals surface area contributed by atoms with E-state index in [0.717, 1.165) is 11.1 Å². The molecule has 0 radical (unpaired) electrons. The Morgan fingerprint density at radius 1 is 1.18 bits per heavy atom. The minimum absolute atomic E-state index is 0.232. The normalized spacial score (nSPS) is 11.5. The topological polar surface area (TPSA) is 75.3 Å². The molecule has 6 nitrogen and oxygen atoms in total. The number of nitrogens with zero attached hydrogens (tertiary/aromatic N) is 3. The third-order valence-electron chi connectivity index (χ3n) is 3.86. The smallest absolute Gasteiger partial charge is 0.248 e. The lowest BCUT2D eigenvalue weighted by Gasteiger charge is -2.10. The molecule has 0 atom stereocenters. The number of benzene rings is 2. The van der Waals surface area contributed by atoms with E-state index in [1.165, 1.54) is 12.1 Å². The summed E-state index contributed by atoms with van der Waals surface area (Å²) in [4.78, 5) is 8.81. The Bertz CT molecular complexity index is 944. The highest BCUT2D eigenvalue weighted by Gasteiger charge is 2.09. The van der Waals surface area contributed by atoms with Gasteiger partial charge in [-0.15, -0.1) is 0 Å². The monoisotopic (exact) mass is 401 g/mol. The van der Waals surface area contributed by atoms with E-state index in [9.17, 15) is 4.39 Å². The van der Waals surface area contributed by atoms with Crippen LogP contribution < -0.4 is 10.6 Å². The highest BCUT2D eigenvalue weighted by molar-refractivity contribution is 6.30. The van der Waals surface area contributed by atoms with Gasteiger partial charge in [0.2, 0.25) is 11.7 Å². The third-order valence-corrected chi connectivity index (χ3v) is 4.10. The Balaban J connectivity index is 1.58. The fourth-order valence-corrected chi connectivity index (χ4v) is 2.76. The number of guanidine groups is 1. The molecular weight excluding hydrogens is 381 g/mol. The van der Waals surface area contributed by atoms with Crippen LogP contribution in [0.15, 0.2) is 58.0 Å². The average Bonchev–Trinajstić information content (AvgIpc) is 3.15. The van der Waals surface area contributed by atoms with Crippen molar-refractivity contribution in [2.45, 2.75) is 19.9 Å². The summed E-state index contributed by atoms with van der Waals surface area (Å²) in [5.74, 6) is 1.26. The molecule has 3 aromatic rings. The summed E-state index contributed by atoms with van der Waals surface area (Å²) in [5.41, 5.74) is 1.71. The molecule has 0 aliphatic rings. The van der Waals surface area contributed by atoms with Crippen LogP contribution in [0.4, 0.5) is 4.39 Å². The van der Waals surface area contributed by atoms with Gasteiger partial charge in [0.15, 0.2) is 5.96 Å². The predicted molar refractivity (Wildman–Crippen MR) is 108 cm³/mol. The Hall–Kier alpha value is -2.93. The van der Waals surface area contributed by atoms with Gasteiger partial charge in [-0.25, -0.2) is 9.38 Å². The van der Waals surface area contributed by atoms with Gasteiger partial charge in [0.1, 0.15) is 12.4 Å². The Kier molecular flexibility index (Phi) is 6.97. The van der Waals surface area contributed by atoms with Crippen molar-refractivity contribution in [2.75, 3.05) is 13.1 Å². The van der Waals surface area contributed by atoms with E-state index in [-0.39, 0.29) is 12.4 Å². The quantitative estimate of drug-likeness (QED) is 0.465. The maximum atomic E-state index is 13.2. The second-order valence-electron chi connectivity index (χ2n) is 6.02. The van der Waals surface area contributed by atoms with E-state index >= 15 is 0 Å². The van der Waals surface area contributed by atoms with Gasteiger partial charge in [0.25, 0.3) is 0 Å². The second-order valence-corrected chi connectivity index (χ2v) is 6.46. The van der Waals surface area contributed by atoms with Gasteiger partial charge in [0.05, 0.1) is 0 Å². The van der Waals surface area contributed by atoms with Crippen molar-refractivity contribution < 1.29 is 8.91 Å². The number of aromatic nitrogens is 2. The summed E-state index contributed by atoms with van der Waals surface area (Å²) >= 11 is 6.00.